The first-order valence-electron chi connectivity index (χ1n) is 5.47. The van der Waals surface area contributed by atoms with Gasteiger partial charge in [0.25, 0.3) is 0 Å². The highest BCUT2D eigenvalue weighted by Gasteiger charge is 2.39. The van der Waals surface area contributed by atoms with Crippen LogP contribution in [-0.2, 0) is 9.53 Å². The van der Waals surface area contributed by atoms with Gasteiger partial charge in [0.2, 0.25) is 0 Å². The van der Waals surface area contributed by atoms with Crippen LogP contribution in [0.1, 0.15) is 18.6 Å². The third-order valence-corrected chi connectivity index (χ3v) is 3.09. The molecule has 82 valence electrons. The van der Waals surface area contributed by atoms with Crippen LogP contribution in [0.3, 0.4) is 0 Å². The number of ether oxygens (including phenoxy) is 1. The fraction of sp³-hybridized carbons (Fsp3) is 0.308. The molecule has 3 nitrogen and oxygen atoms in total. The summed E-state index contributed by atoms with van der Waals surface area (Å²) < 4.78 is 10.5. The molecule has 0 aromatic carbocycles. The van der Waals surface area contributed by atoms with Crippen LogP contribution in [0, 0.1) is 5.92 Å². The summed E-state index contributed by atoms with van der Waals surface area (Å²) in [6, 6.07) is 3.65. The van der Waals surface area contributed by atoms with Crippen LogP contribution in [0.2, 0.25) is 0 Å². The number of hydrogen-bond donors (Lipinski definition) is 0. The summed E-state index contributed by atoms with van der Waals surface area (Å²) in [4.78, 5) is 11.7. The van der Waals surface area contributed by atoms with Crippen molar-refractivity contribution in [3.05, 3.63) is 41.9 Å². The molecule has 2 aliphatic rings. The predicted molar refractivity (Wildman–Crippen MR) is 58.4 cm³/mol. The smallest absolute Gasteiger partial charge is 0.335 e. The molecule has 0 saturated carbocycles. The Hall–Kier alpha value is -1.77. The molecular formula is C13H12O3. The lowest BCUT2D eigenvalue weighted by Crippen LogP contribution is -2.16. The SMILES string of the molecule is O=C1OC2C=CCCC2/C1=C\c1ccco1. The van der Waals surface area contributed by atoms with Gasteiger partial charge < -0.3 is 9.15 Å². The van der Waals surface area contributed by atoms with Crippen LogP contribution < -0.4 is 0 Å². The number of fused-ring (bicyclic) bond motifs is 1. The average Bonchev–Trinajstić information content (AvgIpc) is 2.89. The monoisotopic (exact) mass is 216 g/mol. The lowest BCUT2D eigenvalue weighted by molar-refractivity contribution is -0.137. The topological polar surface area (TPSA) is 39.4 Å². The maximum absolute atomic E-state index is 11.7. The molecule has 2 heterocycles. The first-order valence-corrected chi connectivity index (χ1v) is 5.47. The molecule has 16 heavy (non-hydrogen) atoms. The molecule has 3 heteroatoms. The van der Waals surface area contributed by atoms with Crippen molar-refractivity contribution >= 4 is 12.0 Å². The van der Waals surface area contributed by atoms with E-state index in [1.54, 1.807) is 12.3 Å². The lowest BCUT2D eigenvalue weighted by atomic mass is 9.87. The Morgan fingerprint density at radius 1 is 1.44 bits per heavy atom. The summed E-state index contributed by atoms with van der Waals surface area (Å²) in [7, 11) is 0. The highest BCUT2D eigenvalue weighted by Crippen LogP contribution is 2.36. The van der Waals surface area contributed by atoms with Crippen LogP contribution in [0.15, 0.2) is 40.5 Å². The number of esters is 1. The molecule has 1 aliphatic heterocycles. The van der Waals surface area contributed by atoms with Crippen molar-refractivity contribution in [2.75, 3.05) is 0 Å². The maximum Gasteiger partial charge on any atom is 0.335 e. The first-order chi connectivity index (χ1) is 7.84. The molecule has 0 amide bonds. The van der Waals surface area contributed by atoms with E-state index in [1.807, 2.05) is 18.2 Å². The second-order valence-corrected chi connectivity index (χ2v) is 4.10. The van der Waals surface area contributed by atoms with Crippen molar-refractivity contribution in [3.8, 4) is 0 Å². The van der Waals surface area contributed by atoms with E-state index in [2.05, 4.69) is 6.08 Å². The van der Waals surface area contributed by atoms with E-state index >= 15 is 0 Å². The standard InChI is InChI=1S/C13H12O3/c14-13-11(8-9-4-3-7-15-9)10-5-1-2-6-12(10)16-13/h2-4,6-8,10,12H,1,5H2/b11-8+. The van der Waals surface area contributed by atoms with Crippen LogP contribution in [0.25, 0.3) is 6.08 Å². The van der Waals surface area contributed by atoms with E-state index in [4.69, 9.17) is 9.15 Å². The van der Waals surface area contributed by atoms with E-state index in [1.165, 1.54) is 0 Å². The van der Waals surface area contributed by atoms with E-state index in [-0.39, 0.29) is 18.0 Å². The molecule has 0 spiro atoms. The van der Waals surface area contributed by atoms with E-state index in [9.17, 15) is 4.79 Å². The minimum absolute atomic E-state index is 0.0672. The highest BCUT2D eigenvalue weighted by molar-refractivity contribution is 5.96. The lowest BCUT2D eigenvalue weighted by Gasteiger charge is -2.17. The Bertz CT molecular complexity index is 454. The molecular weight excluding hydrogens is 204 g/mol. The molecule has 2 unspecified atom stereocenters. The minimum atomic E-state index is -0.210. The molecule has 1 aliphatic carbocycles. The van der Waals surface area contributed by atoms with Crippen molar-refractivity contribution < 1.29 is 13.9 Å². The minimum Gasteiger partial charge on any atom is -0.465 e. The summed E-state index contributed by atoms with van der Waals surface area (Å²) in [6.07, 6.45) is 9.37. The van der Waals surface area contributed by atoms with Gasteiger partial charge in [-0.1, -0.05) is 6.08 Å². The van der Waals surface area contributed by atoms with Gasteiger partial charge >= 0.3 is 5.97 Å². The number of rotatable bonds is 1. The summed E-state index contributed by atoms with van der Waals surface area (Å²) >= 11 is 0. The van der Waals surface area contributed by atoms with Crippen molar-refractivity contribution in [2.24, 2.45) is 5.92 Å². The molecule has 0 radical (unpaired) electrons. The number of carbonyl (C=O) groups excluding carboxylic acids is 1. The zero-order valence-electron chi connectivity index (χ0n) is 8.76. The summed E-state index contributed by atoms with van der Waals surface area (Å²) in [6.45, 7) is 0. The summed E-state index contributed by atoms with van der Waals surface area (Å²) in [5, 5.41) is 0. The predicted octanol–water partition coefficient (Wildman–Crippen LogP) is 2.55. The van der Waals surface area contributed by atoms with Gasteiger partial charge in [0.05, 0.1) is 6.26 Å². The van der Waals surface area contributed by atoms with Crippen molar-refractivity contribution in [1.82, 2.24) is 0 Å². The first kappa shape index (κ1) is 9.46. The second kappa shape index (κ2) is 3.67. The van der Waals surface area contributed by atoms with E-state index < -0.39 is 0 Å². The van der Waals surface area contributed by atoms with Crippen LogP contribution in [0.5, 0.6) is 0 Å². The Kier molecular flexibility index (Phi) is 2.17. The van der Waals surface area contributed by atoms with Crippen molar-refractivity contribution in [3.63, 3.8) is 0 Å². The zero-order chi connectivity index (χ0) is 11.0. The fourth-order valence-electron chi connectivity index (χ4n) is 2.29. The van der Waals surface area contributed by atoms with E-state index in [0.29, 0.717) is 5.76 Å². The molecule has 1 aromatic rings. The molecule has 0 N–H and O–H groups in total. The van der Waals surface area contributed by atoms with Gasteiger partial charge in [0, 0.05) is 11.5 Å². The second-order valence-electron chi connectivity index (χ2n) is 4.10. The molecule has 2 atom stereocenters. The number of carbonyl (C=O) groups is 1. The number of furan rings is 1. The Morgan fingerprint density at radius 2 is 2.38 bits per heavy atom. The van der Waals surface area contributed by atoms with Crippen LogP contribution in [0.4, 0.5) is 0 Å². The van der Waals surface area contributed by atoms with E-state index in [0.717, 1.165) is 18.4 Å². The molecule has 0 bridgehead atoms. The molecule has 3 rings (SSSR count). The van der Waals surface area contributed by atoms with Gasteiger partial charge in [-0.05, 0) is 37.1 Å². The summed E-state index contributed by atoms with van der Waals surface area (Å²) in [5.41, 5.74) is 0.740. The van der Waals surface area contributed by atoms with Gasteiger partial charge in [0.15, 0.2) is 0 Å². The Balaban J connectivity index is 1.95. The molecule has 1 fully saturated rings. The number of hydrogen-bond acceptors (Lipinski definition) is 3. The molecule has 1 aromatic heterocycles. The van der Waals surface area contributed by atoms with Crippen LogP contribution >= 0.6 is 0 Å². The quantitative estimate of drug-likeness (QED) is 0.411. The van der Waals surface area contributed by atoms with Gasteiger partial charge in [-0.15, -0.1) is 0 Å². The third kappa shape index (κ3) is 1.48. The van der Waals surface area contributed by atoms with Gasteiger partial charge in [0.1, 0.15) is 11.9 Å². The largest absolute Gasteiger partial charge is 0.465 e. The fourth-order valence-corrected chi connectivity index (χ4v) is 2.29. The van der Waals surface area contributed by atoms with Crippen LogP contribution in [-0.4, -0.2) is 12.1 Å². The van der Waals surface area contributed by atoms with Crippen molar-refractivity contribution in [2.45, 2.75) is 18.9 Å². The Labute approximate surface area is 93.4 Å². The van der Waals surface area contributed by atoms with Gasteiger partial charge in [-0.2, -0.15) is 0 Å². The molecule has 1 saturated heterocycles. The number of allylic oxidation sites excluding steroid dienone is 1. The van der Waals surface area contributed by atoms with Gasteiger partial charge in [-0.25, -0.2) is 4.79 Å². The zero-order valence-corrected chi connectivity index (χ0v) is 8.76. The normalized spacial score (nSPS) is 30.5. The highest BCUT2D eigenvalue weighted by atomic mass is 16.6. The maximum atomic E-state index is 11.7. The van der Waals surface area contributed by atoms with Crippen molar-refractivity contribution in [1.29, 1.82) is 0 Å². The Morgan fingerprint density at radius 3 is 3.19 bits per heavy atom. The third-order valence-electron chi connectivity index (χ3n) is 3.09. The average molecular weight is 216 g/mol. The summed E-state index contributed by atoms with van der Waals surface area (Å²) in [5.74, 6) is 0.697. The van der Waals surface area contributed by atoms with Gasteiger partial charge in [-0.3, -0.25) is 0 Å².